The van der Waals surface area contributed by atoms with Crippen molar-refractivity contribution in [2.24, 2.45) is 17.4 Å². The van der Waals surface area contributed by atoms with Gasteiger partial charge >= 0.3 is 0 Å². The van der Waals surface area contributed by atoms with E-state index in [1.54, 1.807) is 0 Å². The summed E-state index contributed by atoms with van der Waals surface area (Å²) in [5, 5.41) is 2.63. The van der Waals surface area contributed by atoms with Gasteiger partial charge in [0.1, 0.15) is 6.04 Å². The summed E-state index contributed by atoms with van der Waals surface area (Å²) in [5.41, 5.74) is 10.4. The zero-order chi connectivity index (χ0) is 29.0. The summed E-state index contributed by atoms with van der Waals surface area (Å²) in [6, 6.07) is -0.818. The lowest BCUT2D eigenvalue weighted by Gasteiger charge is -2.17. The Morgan fingerprint density at radius 2 is 0.897 bits per heavy atom. The van der Waals surface area contributed by atoms with Crippen LogP contribution in [0.15, 0.2) is 0 Å². The van der Waals surface area contributed by atoms with Crippen molar-refractivity contribution in [3.63, 3.8) is 0 Å². The fourth-order valence-electron chi connectivity index (χ4n) is 5.48. The van der Waals surface area contributed by atoms with Gasteiger partial charge in [-0.1, -0.05) is 155 Å². The van der Waals surface area contributed by atoms with Crippen molar-refractivity contribution in [2.75, 3.05) is 0 Å². The van der Waals surface area contributed by atoms with Gasteiger partial charge in [-0.25, -0.2) is 0 Å². The predicted octanol–water partition coefficient (Wildman–Crippen LogP) is 8.24. The molecule has 0 radical (unpaired) electrons. The van der Waals surface area contributed by atoms with Gasteiger partial charge in [0.25, 0.3) is 0 Å². The number of hydrogen-bond acceptors (Lipinski definition) is 3. The highest BCUT2D eigenvalue weighted by molar-refractivity contribution is 5.87. The molecule has 0 unspecified atom stereocenters. The molecule has 0 aliphatic carbocycles. The topological polar surface area (TPSA) is 115 Å². The van der Waals surface area contributed by atoms with Crippen LogP contribution in [0.1, 0.15) is 181 Å². The smallest absolute Gasteiger partial charge is 0.240 e. The quantitative estimate of drug-likeness (QED) is 0.0780. The maximum absolute atomic E-state index is 12.1. The molecule has 3 amide bonds. The molecule has 0 saturated carbocycles. The summed E-state index contributed by atoms with van der Waals surface area (Å²) in [5.74, 6) is -0.365. The lowest BCUT2D eigenvalue weighted by atomic mass is 9.89. The molecule has 0 fully saturated rings. The SMILES string of the molecule is CCCCCCCCC(CCCCCCCC)CCCCCCCCCCC(=O)N[C@@H](CCC(N)=O)C(N)=O. The van der Waals surface area contributed by atoms with Crippen LogP contribution in [-0.4, -0.2) is 23.8 Å². The van der Waals surface area contributed by atoms with Gasteiger partial charge < -0.3 is 16.8 Å². The van der Waals surface area contributed by atoms with E-state index < -0.39 is 17.9 Å². The highest BCUT2D eigenvalue weighted by Gasteiger charge is 2.18. The standard InChI is InChI=1S/C33H65N3O3/c1-3-5-7-9-15-19-23-29(24-20-16-10-8-6-4-2)25-21-17-13-11-12-14-18-22-26-32(38)36-30(33(35)39)27-28-31(34)37/h29-30H,3-28H2,1-2H3,(H2,34,37)(H2,35,39)(H,36,38)/t30-/m0/s1. The summed E-state index contributed by atoms with van der Waals surface area (Å²) >= 11 is 0. The normalized spacial score (nSPS) is 12.1. The van der Waals surface area contributed by atoms with E-state index in [1.807, 2.05) is 0 Å². The van der Waals surface area contributed by atoms with Crippen LogP contribution in [0.25, 0.3) is 0 Å². The number of hydrogen-bond donors (Lipinski definition) is 3. The molecule has 0 rings (SSSR count). The Labute approximate surface area is 241 Å². The van der Waals surface area contributed by atoms with Crippen LogP contribution < -0.4 is 16.8 Å². The molecule has 0 saturated heterocycles. The van der Waals surface area contributed by atoms with Crippen LogP contribution in [0.3, 0.4) is 0 Å². The molecule has 0 aliphatic heterocycles. The van der Waals surface area contributed by atoms with E-state index in [4.69, 9.17) is 11.5 Å². The van der Waals surface area contributed by atoms with Crippen molar-refractivity contribution in [2.45, 2.75) is 187 Å². The van der Waals surface area contributed by atoms with E-state index in [9.17, 15) is 14.4 Å². The Morgan fingerprint density at radius 3 is 1.28 bits per heavy atom. The molecule has 39 heavy (non-hydrogen) atoms. The molecule has 230 valence electrons. The number of nitrogens with one attached hydrogen (secondary N) is 1. The van der Waals surface area contributed by atoms with Gasteiger partial charge in [-0.05, 0) is 18.8 Å². The first-order valence-corrected chi connectivity index (χ1v) is 16.8. The first kappa shape index (κ1) is 37.4. The first-order chi connectivity index (χ1) is 18.9. The van der Waals surface area contributed by atoms with Gasteiger partial charge in [0.15, 0.2) is 0 Å². The molecule has 6 heteroatoms. The largest absolute Gasteiger partial charge is 0.370 e. The maximum Gasteiger partial charge on any atom is 0.240 e. The van der Waals surface area contributed by atoms with E-state index in [-0.39, 0.29) is 18.7 Å². The van der Waals surface area contributed by atoms with E-state index in [2.05, 4.69) is 19.2 Å². The third-order valence-electron chi connectivity index (χ3n) is 8.06. The van der Waals surface area contributed by atoms with E-state index in [0.717, 1.165) is 25.2 Å². The van der Waals surface area contributed by atoms with Gasteiger partial charge in [-0.2, -0.15) is 0 Å². The summed E-state index contributed by atoms with van der Waals surface area (Å²) in [7, 11) is 0. The minimum Gasteiger partial charge on any atom is -0.370 e. The average Bonchev–Trinajstić information content (AvgIpc) is 2.90. The van der Waals surface area contributed by atoms with Gasteiger partial charge in [-0.3, -0.25) is 14.4 Å². The van der Waals surface area contributed by atoms with Crippen LogP contribution in [-0.2, 0) is 14.4 Å². The van der Waals surface area contributed by atoms with Gasteiger partial charge in [0.05, 0.1) is 0 Å². The molecule has 1 atom stereocenters. The lowest BCUT2D eigenvalue weighted by molar-refractivity contribution is -0.128. The Morgan fingerprint density at radius 1 is 0.513 bits per heavy atom. The molecule has 0 aromatic heterocycles. The fourth-order valence-corrected chi connectivity index (χ4v) is 5.48. The van der Waals surface area contributed by atoms with Crippen molar-refractivity contribution < 1.29 is 14.4 Å². The van der Waals surface area contributed by atoms with Crippen molar-refractivity contribution in [1.82, 2.24) is 5.32 Å². The minimum atomic E-state index is -0.818. The predicted molar refractivity (Wildman–Crippen MR) is 165 cm³/mol. The molecule has 0 aliphatic rings. The van der Waals surface area contributed by atoms with Crippen molar-refractivity contribution in [3.8, 4) is 0 Å². The van der Waals surface area contributed by atoms with Gasteiger partial charge in [0.2, 0.25) is 17.7 Å². The van der Waals surface area contributed by atoms with Crippen LogP contribution in [0.2, 0.25) is 0 Å². The van der Waals surface area contributed by atoms with Crippen LogP contribution in [0.5, 0.6) is 0 Å². The Bertz CT molecular complexity index is 581. The molecule has 0 aromatic rings. The number of unbranched alkanes of at least 4 members (excludes halogenated alkanes) is 17. The second kappa shape index (κ2) is 28.0. The molecule has 5 N–H and O–H groups in total. The molecule has 6 nitrogen and oxygen atoms in total. The van der Waals surface area contributed by atoms with Crippen molar-refractivity contribution in [3.05, 3.63) is 0 Å². The number of rotatable bonds is 30. The second-order valence-corrected chi connectivity index (χ2v) is 11.9. The average molecular weight is 552 g/mol. The Balaban J connectivity index is 3.91. The maximum atomic E-state index is 12.1. The van der Waals surface area contributed by atoms with Crippen LogP contribution in [0.4, 0.5) is 0 Å². The zero-order valence-electron chi connectivity index (χ0n) is 25.9. The van der Waals surface area contributed by atoms with E-state index in [0.29, 0.717) is 6.42 Å². The second-order valence-electron chi connectivity index (χ2n) is 11.9. The van der Waals surface area contributed by atoms with E-state index in [1.165, 1.54) is 128 Å². The van der Waals surface area contributed by atoms with Gasteiger partial charge in [-0.15, -0.1) is 0 Å². The summed E-state index contributed by atoms with van der Waals surface area (Å²) in [6.45, 7) is 4.58. The monoisotopic (exact) mass is 552 g/mol. The lowest BCUT2D eigenvalue weighted by Crippen LogP contribution is -2.44. The number of primary amides is 2. The molecule has 0 aromatic carbocycles. The third-order valence-corrected chi connectivity index (χ3v) is 8.06. The first-order valence-electron chi connectivity index (χ1n) is 16.8. The van der Waals surface area contributed by atoms with Crippen LogP contribution >= 0.6 is 0 Å². The van der Waals surface area contributed by atoms with Crippen molar-refractivity contribution in [1.29, 1.82) is 0 Å². The highest BCUT2D eigenvalue weighted by Crippen LogP contribution is 2.25. The van der Waals surface area contributed by atoms with Crippen LogP contribution in [0, 0.1) is 5.92 Å². The fraction of sp³-hybridized carbons (Fsp3) is 0.909. The Hall–Kier alpha value is -1.59. The molecule has 0 spiro atoms. The summed E-state index contributed by atoms with van der Waals surface area (Å²) in [4.78, 5) is 34.4. The Kier molecular flexibility index (Phi) is 26.8. The third kappa shape index (κ3) is 26.4. The van der Waals surface area contributed by atoms with E-state index >= 15 is 0 Å². The van der Waals surface area contributed by atoms with Crippen molar-refractivity contribution >= 4 is 17.7 Å². The molecular weight excluding hydrogens is 486 g/mol. The molecular formula is C33H65N3O3. The number of carbonyl (C=O) groups excluding carboxylic acids is 3. The molecule has 0 heterocycles. The summed E-state index contributed by atoms with van der Waals surface area (Å²) in [6.07, 6.45) is 31.3. The summed E-state index contributed by atoms with van der Waals surface area (Å²) < 4.78 is 0. The minimum absolute atomic E-state index is 0.0345. The highest BCUT2D eigenvalue weighted by atomic mass is 16.2. The molecule has 0 bridgehead atoms. The number of nitrogens with two attached hydrogens (primary N) is 2. The number of amides is 3. The van der Waals surface area contributed by atoms with Gasteiger partial charge in [0, 0.05) is 12.8 Å². The zero-order valence-corrected chi connectivity index (χ0v) is 25.9. The number of carbonyl (C=O) groups is 3.